The van der Waals surface area contributed by atoms with E-state index in [2.05, 4.69) is 19.9 Å². The lowest BCUT2D eigenvalue weighted by atomic mass is 10.1. The zero-order chi connectivity index (χ0) is 16.1. The van der Waals surface area contributed by atoms with Gasteiger partial charge in [0.05, 0.1) is 18.5 Å². The average Bonchev–Trinajstić information content (AvgIpc) is 3.18. The predicted octanol–water partition coefficient (Wildman–Crippen LogP) is 2.95. The molecule has 1 amide bonds. The number of fused-ring (bicyclic) bond motifs is 2. The molecule has 0 saturated heterocycles. The third kappa shape index (κ3) is 2.22. The number of aromatic nitrogens is 3. The Morgan fingerprint density at radius 3 is 3.04 bits per heavy atom. The quantitative estimate of drug-likeness (QED) is 0.805. The largest absolute Gasteiger partial charge is 0.493 e. The van der Waals surface area contributed by atoms with Crippen LogP contribution in [0.3, 0.4) is 0 Å². The molecular weight excluding hydrogens is 304 g/mol. The number of nitrogens with one attached hydrogen (secondary N) is 1. The van der Waals surface area contributed by atoms with Crippen LogP contribution in [0.5, 0.6) is 5.75 Å². The number of hydrogen-bond acceptors (Lipinski definition) is 4. The van der Waals surface area contributed by atoms with Gasteiger partial charge >= 0.3 is 0 Å². The van der Waals surface area contributed by atoms with Crippen LogP contribution < -0.4 is 10.1 Å². The molecule has 2 aromatic heterocycles. The monoisotopic (exact) mass is 320 g/mol. The summed E-state index contributed by atoms with van der Waals surface area (Å²) < 4.78 is 7.58. The molecule has 6 heteroatoms. The van der Waals surface area contributed by atoms with E-state index in [1.807, 2.05) is 24.5 Å². The minimum absolute atomic E-state index is 0.177. The van der Waals surface area contributed by atoms with Gasteiger partial charge in [-0.3, -0.25) is 4.79 Å². The molecule has 0 spiro atoms. The molecule has 1 saturated carbocycles. The lowest BCUT2D eigenvalue weighted by molar-refractivity contribution is 0.102. The van der Waals surface area contributed by atoms with Gasteiger partial charge in [0, 0.05) is 24.3 Å². The topological polar surface area (TPSA) is 69.0 Å². The summed E-state index contributed by atoms with van der Waals surface area (Å²) in [5.41, 5.74) is 4.03. The molecule has 1 aromatic carbocycles. The summed E-state index contributed by atoms with van der Waals surface area (Å²) in [6.45, 7) is 0.705. The van der Waals surface area contributed by atoms with E-state index in [0.29, 0.717) is 18.2 Å². The highest BCUT2D eigenvalue weighted by Gasteiger charge is 2.25. The van der Waals surface area contributed by atoms with Gasteiger partial charge in [-0.2, -0.15) is 0 Å². The van der Waals surface area contributed by atoms with Crippen LogP contribution in [0.1, 0.15) is 34.8 Å². The lowest BCUT2D eigenvalue weighted by Gasteiger charge is -2.07. The van der Waals surface area contributed by atoms with Gasteiger partial charge in [0.1, 0.15) is 11.3 Å². The molecule has 1 fully saturated rings. The highest BCUT2D eigenvalue weighted by atomic mass is 16.5. The number of hydrogen-bond donors (Lipinski definition) is 1. The van der Waals surface area contributed by atoms with Crippen molar-refractivity contribution in [3.8, 4) is 5.75 Å². The first-order chi connectivity index (χ1) is 11.8. The highest BCUT2D eigenvalue weighted by Crippen LogP contribution is 2.36. The van der Waals surface area contributed by atoms with Crippen molar-refractivity contribution in [2.75, 3.05) is 11.9 Å². The standard InChI is InChI=1S/C18H16N4O2/c23-18(21-13-1-4-16-11(7-13)5-6-24-16)12-8-15-17(19-9-12)22(10-20-15)14-2-3-14/h1,4,7-10,14H,2-3,5-6H2,(H,21,23). The minimum Gasteiger partial charge on any atom is -0.493 e. The van der Waals surface area contributed by atoms with Gasteiger partial charge in [0.15, 0.2) is 5.65 Å². The van der Waals surface area contributed by atoms with E-state index in [0.717, 1.165) is 34.6 Å². The molecule has 0 bridgehead atoms. The number of amides is 1. The Hall–Kier alpha value is -2.89. The van der Waals surface area contributed by atoms with Gasteiger partial charge in [-0.25, -0.2) is 9.97 Å². The molecule has 0 unspecified atom stereocenters. The number of carbonyl (C=O) groups is 1. The second kappa shape index (κ2) is 5.06. The van der Waals surface area contributed by atoms with Crippen LogP contribution in [-0.2, 0) is 6.42 Å². The normalized spacial score (nSPS) is 16.0. The number of anilines is 1. The zero-order valence-corrected chi connectivity index (χ0v) is 13.0. The van der Waals surface area contributed by atoms with Gasteiger partial charge in [-0.05, 0) is 42.7 Å². The molecule has 24 heavy (non-hydrogen) atoms. The molecule has 6 nitrogen and oxygen atoms in total. The second-order valence-electron chi connectivity index (χ2n) is 6.32. The number of pyridine rings is 1. The highest BCUT2D eigenvalue weighted by molar-refractivity contribution is 6.05. The molecule has 5 rings (SSSR count). The van der Waals surface area contributed by atoms with Gasteiger partial charge in [0.25, 0.3) is 5.91 Å². The third-order valence-corrected chi connectivity index (χ3v) is 4.56. The number of nitrogens with zero attached hydrogens (tertiary/aromatic N) is 3. The zero-order valence-electron chi connectivity index (χ0n) is 13.0. The fourth-order valence-corrected chi connectivity index (χ4v) is 3.13. The van der Waals surface area contributed by atoms with Crippen LogP contribution in [0.15, 0.2) is 36.8 Å². The van der Waals surface area contributed by atoms with Crippen LogP contribution in [0, 0.1) is 0 Å². The second-order valence-corrected chi connectivity index (χ2v) is 6.32. The summed E-state index contributed by atoms with van der Waals surface area (Å²) in [6.07, 6.45) is 6.67. The maximum absolute atomic E-state index is 12.5. The fourth-order valence-electron chi connectivity index (χ4n) is 3.13. The summed E-state index contributed by atoms with van der Waals surface area (Å²) in [5, 5.41) is 2.93. The number of imidazole rings is 1. The smallest absolute Gasteiger partial charge is 0.257 e. The summed E-state index contributed by atoms with van der Waals surface area (Å²) >= 11 is 0. The van der Waals surface area contributed by atoms with E-state index in [1.54, 1.807) is 12.3 Å². The summed E-state index contributed by atoms with van der Waals surface area (Å²) in [6, 6.07) is 8.05. The van der Waals surface area contributed by atoms with E-state index < -0.39 is 0 Å². The Balaban J connectivity index is 1.41. The first kappa shape index (κ1) is 13.5. The van der Waals surface area contributed by atoms with Crippen molar-refractivity contribution in [1.29, 1.82) is 0 Å². The van der Waals surface area contributed by atoms with E-state index in [1.165, 1.54) is 12.8 Å². The average molecular weight is 320 g/mol. The Kier molecular flexibility index (Phi) is 2.85. The summed E-state index contributed by atoms with van der Waals surface area (Å²) in [4.78, 5) is 21.3. The predicted molar refractivity (Wildman–Crippen MR) is 89.4 cm³/mol. The lowest BCUT2D eigenvalue weighted by Crippen LogP contribution is -2.12. The van der Waals surface area contributed by atoms with Crippen LogP contribution in [0.25, 0.3) is 11.2 Å². The van der Waals surface area contributed by atoms with Gasteiger partial charge in [0.2, 0.25) is 0 Å². The Labute approximate surface area is 138 Å². The van der Waals surface area contributed by atoms with Crippen molar-refractivity contribution in [2.45, 2.75) is 25.3 Å². The molecule has 2 aliphatic rings. The molecule has 120 valence electrons. The van der Waals surface area contributed by atoms with Gasteiger partial charge < -0.3 is 14.6 Å². The van der Waals surface area contributed by atoms with Crippen LogP contribution in [0.2, 0.25) is 0 Å². The van der Waals surface area contributed by atoms with Crippen molar-refractivity contribution in [3.63, 3.8) is 0 Å². The molecule has 3 heterocycles. The van der Waals surface area contributed by atoms with Gasteiger partial charge in [-0.15, -0.1) is 0 Å². The molecule has 1 aliphatic heterocycles. The minimum atomic E-state index is -0.177. The Bertz CT molecular complexity index is 959. The van der Waals surface area contributed by atoms with Gasteiger partial charge in [-0.1, -0.05) is 0 Å². The number of ether oxygens (including phenoxy) is 1. The first-order valence-electron chi connectivity index (χ1n) is 8.17. The number of benzene rings is 1. The Morgan fingerprint density at radius 2 is 2.17 bits per heavy atom. The van der Waals surface area contributed by atoms with Crippen LogP contribution in [0.4, 0.5) is 5.69 Å². The summed E-state index contributed by atoms with van der Waals surface area (Å²) in [7, 11) is 0. The van der Waals surface area contributed by atoms with E-state index >= 15 is 0 Å². The SMILES string of the molecule is O=C(Nc1ccc2c(c1)CCO2)c1cnc2c(c1)ncn2C1CC1. The maximum Gasteiger partial charge on any atom is 0.257 e. The van der Waals surface area contributed by atoms with Crippen molar-refractivity contribution >= 4 is 22.8 Å². The summed E-state index contributed by atoms with van der Waals surface area (Å²) in [5.74, 6) is 0.728. The maximum atomic E-state index is 12.5. The third-order valence-electron chi connectivity index (χ3n) is 4.56. The molecule has 1 N–H and O–H groups in total. The number of carbonyl (C=O) groups excluding carboxylic acids is 1. The fraction of sp³-hybridized carbons (Fsp3) is 0.278. The van der Waals surface area contributed by atoms with E-state index in [4.69, 9.17) is 4.74 Å². The Morgan fingerprint density at radius 1 is 1.25 bits per heavy atom. The molecule has 3 aromatic rings. The van der Waals surface area contributed by atoms with Crippen molar-refractivity contribution in [3.05, 3.63) is 47.9 Å². The molecule has 1 aliphatic carbocycles. The van der Waals surface area contributed by atoms with Crippen molar-refractivity contribution in [1.82, 2.24) is 14.5 Å². The van der Waals surface area contributed by atoms with Crippen molar-refractivity contribution < 1.29 is 9.53 Å². The van der Waals surface area contributed by atoms with Crippen molar-refractivity contribution in [2.24, 2.45) is 0 Å². The molecule has 0 radical (unpaired) electrons. The van der Waals surface area contributed by atoms with Crippen LogP contribution in [-0.4, -0.2) is 27.0 Å². The van der Waals surface area contributed by atoms with E-state index in [-0.39, 0.29) is 5.91 Å². The molecule has 0 atom stereocenters. The van der Waals surface area contributed by atoms with Crippen LogP contribution >= 0.6 is 0 Å². The molecular formula is C18H16N4O2. The van der Waals surface area contributed by atoms with E-state index in [9.17, 15) is 4.79 Å². The first-order valence-corrected chi connectivity index (χ1v) is 8.17. The number of rotatable bonds is 3.